The quantitative estimate of drug-likeness (QED) is 0.831. The number of rotatable bonds is 6. The van der Waals surface area contributed by atoms with Crippen LogP contribution in [0.25, 0.3) is 0 Å². The average Bonchev–Trinajstić information content (AvgIpc) is 2.85. The molecule has 2 rings (SSSR count). The molecule has 18 heavy (non-hydrogen) atoms. The van der Waals surface area contributed by atoms with Gasteiger partial charge < -0.3 is 15.0 Å². The molecule has 0 saturated carbocycles. The second kappa shape index (κ2) is 6.54. The highest BCUT2D eigenvalue weighted by molar-refractivity contribution is 5.27. The molecule has 2 heterocycles. The van der Waals surface area contributed by atoms with Crippen LogP contribution in [0.2, 0.25) is 0 Å². The zero-order chi connectivity index (χ0) is 12.8. The number of nitrogens with one attached hydrogen (secondary N) is 1. The van der Waals surface area contributed by atoms with Gasteiger partial charge in [-0.05, 0) is 32.4 Å². The lowest BCUT2D eigenvalue weighted by atomic mass is 10.1. The van der Waals surface area contributed by atoms with E-state index in [0.717, 1.165) is 13.1 Å². The number of likely N-dealkylation sites (tertiary alicyclic amines) is 1. The van der Waals surface area contributed by atoms with Gasteiger partial charge in [0.2, 0.25) is 11.8 Å². The molecule has 100 valence electrons. The first-order chi connectivity index (χ1) is 8.81. The van der Waals surface area contributed by atoms with Gasteiger partial charge in [-0.15, -0.1) is 0 Å². The summed E-state index contributed by atoms with van der Waals surface area (Å²) < 4.78 is 5.35. The van der Waals surface area contributed by atoms with Crippen molar-refractivity contribution in [2.45, 2.75) is 20.3 Å². The van der Waals surface area contributed by atoms with Crippen molar-refractivity contribution < 1.29 is 4.74 Å². The topological polar surface area (TPSA) is 50.3 Å². The fourth-order valence-corrected chi connectivity index (χ4v) is 2.26. The second-order valence-electron chi connectivity index (χ2n) is 4.58. The van der Waals surface area contributed by atoms with Crippen LogP contribution in [0.15, 0.2) is 12.3 Å². The molecule has 0 aromatic carbocycles. The molecule has 1 N–H and O–H groups in total. The Kier molecular flexibility index (Phi) is 4.75. The zero-order valence-corrected chi connectivity index (χ0v) is 11.2. The molecule has 0 aliphatic carbocycles. The van der Waals surface area contributed by atoms with E-state index in [1.807, 2.05) is 6.92 Å². The van der Waals surface area contributed by atoms with Crippen molar-refractivity contribution in [2.75, 3.05) is 38.1 Å². The van der Waals surface area contributed by atoms with Gasteiger partial charge in [0.25, 0.3) is 0 Å². The summed E-state index contributed by atoms with van der Waals surface area (Å²) in [6.07, 6.45) is 2.99. The van der Waals surface area contributed by atoms with Crippen LogP contribution in [0, 0.1) is 5.92 Å². The van der Waals surface area contributed by atoms with Crippen molar-refractivity contribution in [3.63, 3.8) is 0 Å². The first kappa shape index (κ1) is 13.1. The number of ether oxygens (including phenoxy) is 1. The molecule has 0 spiro atoms. The maximum Gasteiger partial charge on any atom is 0.225 e. The van der Waals surface area contributed by atoms with Crippen molar-refractivity contribution in [1.82, 2.24) is 14.9 Å². The van der Waals surface area contributed by atoms with Crippen molar-refractivity contribution in [3.8, 4) is 5.88 Å². The predicted octanol–water partition coefficient (Wildman–Crippen LogP) is 1.63. The Labute approximate surface area is 109 Å². The molecule has 1 aromatic rings. The Morgan fingerprint density at radius 3 is 3.11 bits per heavy atom. The minimum Gasteiger partial charge on any atom is -0.478 e. The molecular weight excluding hydrogens is 228 g/mol. The normalized spacial score (nSPS) is 20.0. The van der Waals surface area contributed by atoms with Gasteiger partial charge in [-0.25, -0.2) is 4.98 Å². The molecule has 1 fully saturated rings. The number of hydrogen-bond acceptors (Lipinski definition) is 5. The van der Waals surface area contributed by atoms with E-state index in [1.54, 1.807) is 12.3 Å². The summed E-state index contributed by atoms with van der Waals surface area (Å²) in [5.41, 5.74) is 0. The molecule has 1 aliphatic rings. The Bertz CT molecular complexity index is 372. The summed E-state index contributed by atoms with van der Waals surface area (Å²) in [6, 6.07) is 1.78. The molecular formula is C13H22N4O. The van der Waals surface area contributed by atoms with Crippen LogP contribution >= 0.6 is 0 Å². The minimum absolute atomic E-state index is 0.630. The molecule has 1 atom stereocenters. The lowest BCUT2D eigenvalue weighted by Crippen LogP contribution is -2.22. The van der Waals surface area contributed by atoms with Gasteiger partial charge >= 0.3 is 0 Å². The number of anilines is 1. The summed E-state index contributed by atoms with van der Waals surface area (Å²) in [5, 5.41) is 3.30. The molecule has 0 radical (unpaired) electrons. The Morgan fingerprint density at radius 2 is 2.39 bits per heavy atom. The van der Waals surface area contributed by atoms with Gasteiger partial charge in [0.05, 0.1) is 6.61 Å². The van der Waals surface area contributed by atoms with E-state index in [1.165, 1.54) is 19.5 Å². The molecule has 0 bridgehead atoms. The van der Waals surface area contributed by atoms with Crippen LogP contribution in [0.1, 0.15) is 20.3 Å². The first-order valence-electron chi connectivity index (χ1n) is 6.74. The van der Waals surface area contributed by atoms with Crippen molar-refractivity contribution in [2.24, 2.45) is 5.92 Å². The minimum atomic E-state index is 0.630. The number of nitrogens with zero attached hydrogens (tertiary/aromatic N) is 3. The molecule has 1 unspecified atom stereocenters. The summed E-state index contributed by atoms with van der Waals surface area (Å²) in [4.78, 5) is 11.0. The maximum absolute atomic E-state index is 5.35. The van der Waals surface area contributed by atoms with Gasteiger partial charge in [0, 0.05) is 25.4 Å². The fraction of sp³-hybridized carbons (Fsp3) is 0.692. The van der Waals surface area contributed by atoms with Gasteiger partial charge in [-0.3, -0.25) is 0 Å². The van der Waals surface area contributed by atoms with Crippen LogP contribution in [-0.4, -0.2) is 47.7 Å². The van der Waals surface area contributed by atoms with Gasteiger partial charge in [-0.1, -0.05) is 6.92 Å². The van der Waals surface area contributed by atoms with Crippen LogP contribution in [0.4, 0.5) is 5.95 Å². The van der Waals surface area contributed by atoms with E-state index in [4.69, 9.17) is 4.74 Å². The maximum atomic E-state index is 5.35. The van der Waals surface area contributed by atoms with Crippen LogP contribution in [-0.2, 0) is 0 Å². The van der Waals surface area contributed by atoms with E-state index in [2.05, 4.69) is 27.1 Å². The largest absolute Gasteiger partial charge is 0.478 e. The summed E-state index contributed by atoms with van der Waals surface area (Å²) in [5.74, 6) is 2.00. The third-order valence-corrected chi connectivity index (χ3v) is 3.29. The van der Waals surface area contributed by atoms with E-state index in [-0.39, 0.29) is 0 Å². The molecule has 1 aromatic heterocycles. The lowest BCUT2D eigenvalue weighted by molar-refractivity contribution is 0.326. The van der Waals surface area contributed by atoms with Crippen molar-refractivity contribution >= 4 is 5.95 Å². The van der Waals surface area contributed by atoms with E-state index in [9.17, 15) is 0 Å². The predicted molar refractivity (Wildman–Crippen MR) is 71.9 cm³/mol. The van der Waals surface area contributed by atoms with Gasteiger partial charge in [-0.2, -0.15) is 4.98 Å². The molecule has 5 heteroatoms. The van der Waals surface area contributed by atoms with E-state index < -0.39 is 0 Å². The highest BCUT2D eigenvalue weighted by atomic mass is 16.5. The smallest absolute Gasteiger partial charge is 0.225 e. The molecule has 0 amide bonds. The summed E-state index contributed by atoms with van der Waals surface area (Å²) in [6.45, 7) is 9.26. The van der Waals surface area contributed by atoms with Gasteiger partial charge in [0.1, 0.15) is 0 Å². The highest BCUT2D eigenvalue weighted by Crippen LogP contribution is 2.16. The Hall–Kier alpha value is -1.36. The number of aromatic nitrogens is 2. The Balaban J connectivity index is 1.81. The summed E-state index contributed by atoms with van der Waals surface area (Å²) in [7, 11) is 0. The van der Waals surface area contributed by atoms with E-state index in [0.29, 0.717) is 24.4 Å². The van der Waals surface area contributed by atoms with Gasteiger partial charge in [0.15, 0.2) is 0 Å². The SMILES string of the molecule is CCOc1ccnc(NCC2CCN(CC)C2)n1. The number of hydrogen-bond donors (Lipinski definition) is 1. The van der Waals surface area contributed by atoms with Crippen LogP contribution < -0.4 is 10.1 Å². The Morgan fingerprint density at radius 1 is 1.50 bits per heavy atom. The molecule has 1 aliphatic heterocycles. The van der Waals surface area contributed by atoms with Crippen LogP contribution in [0.5, 0.6) is 5.88 Å². The third kappa shape index (κ3) is 3.57. The average molecular weight is 250 g/mol. The standard InChI is InChI=1S/C13H22N4O/c1-3-17-8-6-11(10-17)9-15-13-14-7-5-12(16-13)18-4-2/h5,7,11H,3-4,6,8-10H2,1-2H3,(H,14,15,16). The molecule has 1 saturated heterocycles. The van der Waals surface area contributed by atoms with Crippen molar-refractivity contribution in [3.05, 3.63) is 12.3 Å². The second-order valence-corrected chi connectivity index (χ2v) is 4.58. The van der Waals surface area contributed by atoms with E-state index >= 15 is 0 Å². The monoisotopic (exact) mass is 250 g/mol. The first-order valence-corrected chi connectivity index (χ1v) is 6.74. The third-order valence-electron chi connectivity index (χ3n) is 3.29. The molecule has 5 nitrogen and oxygen atoms in total. The lowest BCUT2D eigenvalue weighted by Gasteiger charge is -2.13. The highest BCUT2D eigenvalue weighted by Gasteiger charge is 2.20. The zero-order valence-electron chi connectivity index (χ0n) is 11.2. The van der Waals surface area contributed by atoms with Crippen LogP contribution in [0.3, 0.4) is 0 Å². The fourth-order valence-electron chi connectivity index (χ4n) is 2.26. The van der Waals surface area contributed by atoms with Crippen molar-refractivity contribution in [1.29, 1.82) is 0 Å². The summed E-state index contributed by atoms with van der Waals surface area (Å²) >= 11 is 0.